The summed E-state index contributed by atoms with van der Waals surface area (Å²) in [6, 6.07) is 5.31. The molecule has 2 aromatic rings. The lowest BCUT2D eigenvalue weighted by molar-refractivity contribution is 0.357. The van der Waals surface area contributed by atoms with Crippen molar-refractivity contribution >= 4 is 0 Å². The molecule has 4 nitrogen and oxygen atoms in total. The molecule has 1 aromatic carbocycles. The van der Waals surface area contributed by atoms with E-state index in [0.29, 0.717) is 29.9 Å². The lowest BCUT2D eigenvalue weighted by Crippen LogP contribution is -2.25. The van der Waals surface area contributed by atoms with Gasteiger partial charge in [-0.3, -0.25) is 0 Å². The molecule has 0 aliphatic heterocycles. The third kappa shape index (κ3) is 3.04. The number of nitrogens with zero attached hydrogens (tertiary/aromatic N) is 2. The maximum atomic E-state index is 13.4. The van der Waals surface area contributed by atoms with Crippen LogP contribution in [0.25, 0.3) is 11.4 Å². The lowest BCUT2D eigenvalue weighted by Gasteiger charge is -2.08. The first-order valence-corrected chi connectivity index (χ1v) is 7.04. The Morgan fingerprint density at radius 3 is 2.85 bits per heavy atom. The summed E-state index contributed by atoms with van der Waals surface area (Å²) in [4.78, 5) is 4.32. The molecule has 1 saturated carbocycles. The van der Waals surface area contributed by atoms with E-state index in [0.717, 1.165) is 5.56 Å². The molecule has 1 fully saturated rings. The average Bonchev–Trinajstić information content (AvgIpc) is 3.07. The summed E-state index contributed by atoms with van der Waals surface area (Å²) in [6.45, 7) is 2.42. The van der Waals surface area contributed by atoms with Gasteiger partial charge >= 0.3 is 0 Å². The molecule has 1 aliphatic carbocycles. The molecule has 1 aliphatic rings. The van der Waals surface area contributed by atoms with E-state index >= 15 is 0 Å². The van der Waals surface area contributed by atoms with Crippen LogP contribution in [0.1, 0.15) is 37.1 Å². The molecule has 1 aromatic heterocycles. The summed E-state index contributed by atoms with van der Waals surface area (Å²) in [6.07, 6.45) is 5.00. The van der Waals surface area contributed by atoms with E-state index < -0.39 is 0 Å². The van der Waals surface area contributed by atoms with Gasteiger partial charge in [-0.2, -0.15) is 4.98 Å². The van der Waals surface area contributed by atoms with Gasteiger partial charge in [0, 0.05) is 11.6 Å². The Morgan fingerprint density at radius 1 is 1.30 bits per heavy atom. The zero-order chi connectivity index (χ0) is 13.9. The number of aryl methyl sites for hydroxylation is 1. The van der Waals surface area contributed by atoms with E-state index in [2.05, 4.69) is 15.5 Å². The monoisotopic (exact) mass is 275 g/mol. The maximum absolute atomic E-state index is 13.4. The van der Waals surface area contributed by atoms with Gasteiger partial charge in [0.15, 0.2) is 0 Å². The number of hydrogen-bond donors (Lipinski definition) is 1. The second-order valence-electron chi connectivity index (χ2n) is 5.39. The van der Waals surface area contributed by atoms with Crippen LogP contribution < -0.4 is 5.32 Å². The molecule has 0 bridgehead atoms. The topological polar surface area (TPSA) is 51.0 Å². The van der Waals surface area contributed by atoms with Crippen molar-refractivity contribution in [2.75, 3.05) is 0 Å². The fourth-order valence-corrected chi connectivity index (χ4v) is 2.67. The molecule has 0 amide bonds. The number of aromatic nitrogens is 2. The maximum Gasteiger partial charge on any atom is 0.240 e. The predicted octanol–water partition coefficient (Wildman–Crippen LogP) is 3.22. The Hall–Kier alpha value is -1.75. The smallest absolute Gasteiger partial charge is 0.240 e. The SMILES string of the molecule is Cc1cc(F)cc(-c2noc(CNC3CCCC3)n2)c1. The van der Waals surface area contributed by atoms with Crippen molar-refractivity contribution in [1.29, 1.82) is 0 Å². The highest BCUT2D eigenvalue weighted by molar-refractivity contribution is 5.55. The van der Waals surface area contributed by atoms with Gasteiger partial charge in [-0.1, -0.05) is 18.0 Å². The number of hydrogen-bond acceptors (Lipinski definition) is 4. The van der Waals surface area contributed by atoms with Gasteiger partial charge < -0.3 is 9.84 Å². The Labute approximate surface area is 117 Å². The first kappa shape index (κ1) is 13.2. The lowest BCUT2D eigenvalue weighted by atomic mass is 10.1. The second kappa shape index (κ2) is 5.71. The van der Waals surface area contributed by atoms with Crippen molar-refractivity contribution < 1.29 is 8.91 Å². The Kier molecular flexibility index (Phi) is 3.78. The van der Waals surface area contributed by atoms with E-state index in [1.165, 1.54) is 37.8 Å². The third-order valence-corrected chi connectivity index (χ3v) is 3.67. The van der Waals surface area contributed by atoms with Crippen molar-refractivity contribution in [2.24, 2.45) is 0 Å². The molecule has 20 heavy (non-hydrogen) atoms. The molecule has 0 atom stereocenters. The van der Waals surface area contributed by atoms with E-state index in [4.69, 9.17) is 4.52 Å². The normalized spacial score (nSPS) is 15.9. The van der Waals surface area contributed by atoms with Gasteiger partial charge in [0.25, 0.3) is 0 Å². The highest BCUT2D eigenvalue weighted by Crippen LogP contribution is 2.20. The van der Waals surface area contributed by atoms with E-state index in [1.807, 2.05) is 13.0 Å². The highest BCUT2D eigenvalue weighted by atomic mass is 19.1. The van der Waals surface area contributed by atoms with Crippen LogP contribution in [-0.2, 0) is 6.54 Å². The molecule has 0 unspecified atom stereocenters. The van der Waals surface area contributed by atoms with Crippen LogP contribution in [-0.4, -0.2) is 16.2 Å². The zero-order valence-electron chi connectivity index (χ0n) is 11.5. The highest BCUT2D eigenvalue weighted by Gasteiger charge is 2.16. The summed E-state index contributed by atoms with van der Waals surface area (Å²) >= 11 is 0. The molecule has 0 saturated heterocycles. The molecule has 0 radical (unpaired) electrons. The van der Waals surface area contributed by atoms with E-state index in [-0.39, 0.29) is 5.82 Å². The molecular weight excluding hydrogens is 257 g/mol. The van der Waals surface area contributed by atoms with Crippen molar-refractivity contribution in [3.05, 3.63) is 35.5 Å². The number of halogens is 1. The van der Waals surface area contributed by atoms with Gasteiger partial charge in [0.05, 0.1) is 6.54 Å². The fraction of sp³-hybridized carbons (Fsp3) is 0.467. The minimum absolute atomic E-state index is 0.282. The van der Waals surface area contributed by atoms with Gasteiger partial charge in [-0.05, 0) is 43.5 Å². The second-order valence-corrected chi connectivity index (χ2v) is 5.39. The Morgan fingerprint density at radius 2 is 2.10 bits per heavy atom. The molecule has 1 N–H and O–H groups in total. The van der Waals surface area contributed by atoms with Crippen LogP contribution in [0.3, 0.4) is 0 Å². The summed E-state index contributed by atoms with van der Waals surface area (Å²) in [5.41, 5.74) is 1.49. The van der Waals surface area contributed by atoms with Crippen LogP contribution in [0.2, 0.25) is 0 Å². The molecule has 5 heteroatoms. The van der Waals surface area contributed by atoms with Crippen LogP contribution >= 0.6 is 0 Å². The van der Waals surface area contributed by atoms with Crippen molar-refractivity contribution in [2.45, 2.75) is 45.2 Å². The Bertz CT molecular complexity index is 570. The first-order valence-electron chi connectivity index (χ1n) is 7.04. The Balaban J connectivity index is 1.69. The van der Waals surface area contributed by atoms with Crippen LogP contribution in [0.15, 0.2) is 22.7 Å². The predicted molar refractivity (Wildman–Crippen MR) is 73.5 cm³/mol. The van der Waals surface area contributed by atoms with Gasteiger partial charge in [-0.25, -0.2) is 4.39 Å². The summed E-state index contributed by atoms with van der Waals surface area (Å²) < 4.78 is 18.6. The van der Waals surface area contributed by atoms with Gasteiger partial charge in [-0.15, -0.1) is 0 Å². The standard InChI is InChI=1S/C15H18FN3O/c1-10-6-11(8-12(16)7-10)15-18-14(20-19-15)9-17-13-4-2-3-5-13/h6-8,13,17H,2-5,9H2,1H3. The minimum Gasteiger partial charge on any atom is -0.338 e. The summed E-state index contributed by atoms with van der Waals surface area (Å²) in [5, 5.41) is 7.34. The number of benzene rings is 1. The molecule has 0 spiro atoms. The zero-order valence-corrected chi connectivity index (χ0v) is 11.5. The van der Waals surface area contributed by atoms with Crippen LogP contribution in [0.5, 0.6) is 0 Å². The van der Waals surface area contributed by atoms with Crippen molar-refractivity contribution in [3.8, 4) is 11.4 Å². The van der Waals surface area contributed by atoms with Gasteiger partial charge in [0.2, 0.25) is 11.7 Å². The molecule has 3 rings (SSSR count). The van der Waals surface area contributed by atoms with Crippen molar-refractivity contribution in [3.63, 3.8) is 0 Å². The largest absolute Gasteiger partial charge is 0.338 e. The van der Waals surface area contributed by atoms with Crippen LogP contribution in [0, 0.1) is 12.7 Å². The van der Waals surface area contributed by atoms with Crippen LogP contribution in [0.4, 0.5) is 4.39 Å². The number of nitrogens with one attached hydrogen (secondary N) is 1. The quantitative estimate of drug-likeness (QED) is 0.930. The van der Waals surface area contributed by atoms with E-state index in [1.54, 1.807) is 0 Å². The molecule has 1 heterocycles. The summed E-state index contributed by atoms with van der Waals surface area (Å²) in [5.74, 6) is 0.708. The van der Waals surface area contributed by atoms with E-state index in [9.17, 15) is 4.39 Å². The third-order valence-electron chi connectivity index (χ3n) is 3.67. The fourth-order valence-electron chi connectivity index (χ4n) is 2.67. The summed E-state index contributed by atoms with van der Waals surface area (Å²) in [7, 11) is 0. The minimum atomic E-state index is -0.282. The van der Waals surface area contributed by atoms with Crippen molar-refractivity contribution in [1.82, 2.24) is 15.5 Å². The first-order chi connectivity index (χ1) is 9.70. The molecule has 106 valence electrons. The number of rotatable bonds is 4. The average molecular weight is 275 g/mol. The van der Waals surface area contributed by atoms with Gasteiger partial charge in [0.1, 0.15) is 5.82 Å². The molecular formula is C15H18FN3O.